The predicted molar refractivity (Wildman–Crippen MR) is 27.3 cm³/mol. The topological polar surface area (TPSA) is 26.3 Å². The number of hydrogen-bond donors (Lipinski definition) is 0. The van der Waals surface area contributed by atoms with Crippen LogP contribution in [0.15, 0.2) is 12.4 Å². The summed E-state index contributed by atoms with van der Waals surface area (Å²) < 4.78 is 48.4. The van der Waals surface area contributed by atoms with E-state index in [9.17, 15) is 22.4 Å². The van der Waals surface area contributed by atoms with Crippen molar-refractivity contribution in [3.8, 4) is 0 Å². The number of halogens is 4. The van der Waals surface area contributed by atoms with Gasteiger partial charge in [0.05, 0.1) is 12.4 Å². The number of rotatable bonds is 2. The zero-order chi connectivity index (χ0) is 8.91. The van der Waals surface area contributed by atoms with Gasteiger partial charge in [-0.2, -0.15) is 13.2 Å². The van der Waals surface area contributed by atoms with Crippen LogP contribution in [0.3, 0.4) is 0 Å². The maximum atomic E-state index is 11.3. The van der Waals surface area contributed by atoms with E-state index in [2.05, 4.69) is 4.74 Å². The molecule has 0 aromatic carbocycles. The lowest BCUT2D eigenvalue weighted by atomic mass is 10.6. The molecule has 0 rings (SSSR count). The maximum Gasteiger partial charge on any atom is 0.422 e. The zero-order valence-electron chi connectivity index (χ0n) is 5.19. The van der Waals surface area contributed by atoms with E-state index in [1.807, 2.05) is 0 Å². The van der Waals surface area contributed by atoms with Gasteiger partial charge in [0.1, 0.15) is 0 Å². The number of carbonyl (C=O) groups excluding carboxylic acids is 1. The van der Waals surface area contributed by atoms with Gasteiger partial charge in [0.2, 0.25) is 0 Å². The Labute approximate surface area is 59.4 Å². The number of carbonyl (C=O) groups is 1. The van der Waals surface area contributed by atoms with Crippen LogP contribution in [0, 0.1) is 0 Å². The van der Waals surface area contributed by atoms with Gasteiger partial charge in [-0.25, -0.2) is 9.18 Å². The van der Waals surface area contributed by atoms with Gasteiger partial charge in [0.15, 0.2) is 6.61 Å². The van der Waals surface area contributed by atoms with E-state index in [1.165, 1.54) is 0 Å². The van der Waals surface area contributed by atoms with Gasteiger partial charge in [0, 0.05) is 0 Å². The molecule has 64 valence electrons. The van der Waals surface area contributed by atoms with Crippen LogP contribution in [0.4, 0.5) is 17.6 Å². The number of hydrogen-bond acceptors (Lipinski definition) is 2. The second-order valence-electron chi connectivity index (χ2n) is 1.52. The minimum Gasteiger partial charge on any atom is -0.453 e. The van der Waals surface area contributed by atoms with Crippen molar-refractivity contribution >= 4 is 5.97 Å². The van der Waals surface area contributed by atoms with Crippen LogP contribution in [0.5, 0.6) is 0 Å². The fourth-order valence-corrected chi connectivity index (χ4v) is 0.253. The van der Waals surface area contributed by atoms with Crippen LogP contribution in [0.25, 0.3) is 0 Å². The Balaban J connectivity index is 3.63. The highest BCUT2D eigenvalue weighted by atomic mass is 19.4. The summed E-state index contributed by atoms with van der Waals surface area (Å²) in [6.07, 6.45) is -4.51. The van der Waals surface area contributed by atoms with E-state index >= 15 is 0 Å². The Kier molecular flexibility index (Phi) is 3.56. The van der Waals surface area contributed by atoms with Gasteiger partial charge < -0.3 is 4.74 Å². The van der Waals surface area contributed by atoms with Crippen molar-refractivity contribution in [3.63, 3.8) is 0 Å². The molecule has 0 aliphatic rings. The smallest absolute Gasteiger partial charge is 0.422 e. The van der Waals surface area contributed by atoms with Gasteiger partial charge in [-0.1, -0.05) is 0 Å². The van der Waals surface area contributed by atoms with E-state index in [0.717, 1.165) is 0 Å². The molecule has 0 saturated carbocycles. The SMILES string of the molecule is O=C(C=CF)OCC(F)(F)F. The van der Waals surface area contributed by atoms with Crippen LogP contribution >= 0.6 is 0 Å². The average Bonchev–Trinajstić information content (AvgIpc) is 1.83. The lowest BCUT2D eigenvalue weighted by Crippen LogP contribution is -2.19. The summed E-state index contributed by atoms with van der Waals surface area (Å²) in [5.74, 6) is -1.36. The first-order valence-electron chi connectivity index (χ1n) is 2.46. The molecule has 11 heavy (non-hydrogen) atoms. The summed E-state index contributed by atoms with van der Waals surface area (Å²) in [4.78, 5) is 10.0. The van der Waals surface area contributed by atoms with E-state index < -0.39 is 18.8 Å². The Morgan fingerprint density at radius 3 is 2.36 bits per heavy atom. The van der Waals surface area contributed by atoms with Crippen LogP contribution in [0.2, 0.25) is 0 Å². The lowest BCUT2D eigenvalue weighted by Gasteiger charge is -2.04. The highest BCUT2D eigenvalue weighted by Crippen LogP contribution is 2.14. The van der Waals surface area contributed by atoms with Crippen molar-refractivity contribution in [2.45, 2.75) is 6.18 Å². The highest BCUT2D eigenvalue weighted by molar-refractivity contribution is 5.81. The van der Waals surface area contributed by atoms with Gasteiger partial charge in [-0.05, 0) is 0 Å². The molecule has 0 amide bonds. The Morgan fingerprint density at radius 1 is 1.45 bits per heavy atom. The molecule has 0 bridgehead atoms. The molecule has 6 heteroatoms. The third-order valence-electron chi connectivity index (χ3n) is 0.577. The molecule has 0 radical (unpaired) electrons. The van der Waals surface area contributed by atoms with Gasteiger partial charge >= 0.3 is 12.1 Å². The third kappa shape index (κ3) is 6.82. The molecule has 0 spiro atoms. The van der Waals surface area contributed by atoms with Crippen molar-refractivity contribution in [2.24, 2.45) is 0 Å². The van der Waals surface area contributed by atoms with Crippen LogP contribution < -0.4 is 0 Å². The average molecular weight is 172 g/mol. The van der Waals surface area contributed by atoms with E-state index in [1.54, 1.807) is 0 Å². The molecule has 0 N–H and O–H groups in total. The summed E-state index contributed by atoms with van der Waals surface area (Å²) in [6, 6.07) is 0. The van der Waals surface area contributed by atoms with Gasteiger partial charge in [-0.15, -0.1) is 0 Å². The Bertz CT molecular complexity index is 160. The number of esters is 1. The first-order valence-corrected chi connectivity index (χ1v) is 2.46. The minimum atomic E-state index is -4.57. The van der Waals surface area contributed by atoms with Crippen LogP contribution in [0.1, 0.15) is 0 Å². The van der Waals surface area contributed by atoms with Crippen LogP contribution in [-0.4, -0.2) is 18.8 Å². The largest absolute Gasteiger partial charge is 0.453 e. The fraction of sp³-hybridized carbons (Fsp3) is 0.400. The lowest BCUT2D eigenvalue weighted by molar-refractivity contribution is -0.182. The number of ether oxygens (including phenoxy) is 1. The maximum absolute atomic E-state index is 11.3. The Hall–Kier alpha value is -1.07. The fourth-order valence-electron chi connectivity index (χ4n) is 0.253. The molecule has 0 saturated heterocycles. The molecule has 0 aromatic heterocycles. The van der Waals surface area contributed by atoms with Crippen LogP contribution in [-0.2, 0) is 9.53 Å². The summed E-state index contributed by atoms with van der Waals surface area (Å²) in [7, 11) is 0. The first-order chi connectivity index (χ1) is 4.95. The third-order valence-corrected chi connectivity index (χ3v) is 0.577. The molecular formula is C5H4F4O2. The standard InChI is InChI=1S/C5H4F4O2/c6-2-1-4(10)11-3-5(7,8)9/h1-2H,3H2. The molecule has 2 nitrogen and oxygen atoms in total. The van der Waals surface area contributed by atoms with Crippen molar-refractivity contribution < 1.29 is 27.1 Å². The Morgan fingerprint density at radius 2 is 2.00 bits per heavy atom. The normalized spacial score (nSPS) is 12.0. The molecule has 0 atom stereocenters. The van der Waals surface area contributed by atoms with Gasteiger partial charge in [0.25, 0.3) is 0 Å². The highest BCUT2D eigenvalue weighted by Gasteiger charge is 2.29. The second kappa shape index (κ2) is 3.95. The molecular weight excluding hydrogens is 168 g/mol. The van der Waals surface area contributed by atoms with Crippen molar-refractivity contribution in [1.82, 2.24) is 0 Å². The summed E-state index contributed by atoms with van der Waals surface area (Å²) in [6.45, 7) is -1.70. The molecule has 0 fully saturated rings. The first kappa shape index (κ1) is 9.93. The van der Waals surface area contributed by atoms with Gasteiger partial charge in [-0.3, -0.25) is 0 Å². The van der Waals surface area contributed by atoms with Crippen molar-refractivity contribution in [3.05, 3.63) is 12.4 Å². The molecule has 0 aliphatic carbocycles. The van der Waals surface area contributed by atoms with E-state index in [-0.39, 0.29) is 12.4 Å². The summed E-state index contributed by atoms with van der Waals surface area (Å²) in [5, 5.41) is 0. The summed E-state index contributed by atoms with van der Waals surface area (Å²) in [5.41, 5.74) is 0. The van der Waals surface area contributed by atoms with E-state index in [4.69, 9.17) is 0 Å². The monoisotopic (exact) mass is 172 g/mol. The second-order valence-corrected chi connectivity index (χ2v) is 1.52. The quantitative estimate of drug-likeness (QED) is 0.359. The van der Waals surface area contributed by atoms with Crippen molar-refractivity contribution in [2.75, 3.05) is 6.61 Å². The molecule has 0 heterocycles. The minimum absolute atomic E-state index is 0.196. The van der Waals surface area contributed by atoms with Crippen molar-refractivity contribution in [1.29, 1.82) is 0 Å². The van der Waals surface area contributed by atoms with E-state index in [0.29, 0.717) is 0 Å². The molecule has 0 aromatic rings. The predicted octanol–water partition coefficient (Wildman–Crippen LogP) is 1.58. The zero-order valence-corrected chi connectivity index (χ0v) is 5.19. The summed E-state index contributed by atoms with van der Waals surface area (Å²) >= 11 is 0. The molecule has 0 aliphatic heterocycles. The molecule has 0 unspecified atom stereocenters. The number of alkyl halides is 3.